The number of amides is 2. The number of anilines is 1. The first kappa shape index (κ1) is 24.4. The number of fused-ring (bicyclic) bond motifs is 1. The summed E-state index contributed by atoms with van der Waals surface area (Å²) in [5.41, 5.74) is -0.991. The molecule has 2 aromatic carbocycles. The zero-order chi connectivity index (χ0) is 24.7. The van der Waals surface area contributed by atoms with E-state index in [1.807, 2.05) is 0 Å². The number of rotatable bonds is 8. The minimum Gasteiger partial charge on any atom is -0.489 e. The van der Waals surface area contributed by atoms with E-state index in [9.17, 15) is 33.3 Å². The van der Waals surface area contributed by atoms with E-state index in [1.54, 1.807) is 0 Å². The molecule has 13 heteroatoms. The molecule has 1 aliphatic rings. The number of carbonyl (C=O) groups excluding carboxylic acids is 3. The summed E-state index contributed by atoms with van der Waals surface area (Å²) >= 11 is 0. The molecule has 1 aliphatic heterocycles. The average molecular weight is 479 g/mol. The van der Waals surface area contributed by atoms with E-state index in [-0.39, 0.29) is 30.2 Å². The molecule has 0 unspecified atom stereocenters. The fourth-order valence-electron chi connectivity index (χ4n) is 2.90. The van der Waals surface area contributed by atoms with Crippen LogP contribution < -0.4 is 20.1 Å². The van der Waals surface area contributed by atoms with Gasteiger partial charge in [-0.05, 0) is 12.1 Å². The van der Waals surface area contributed by atoms with Gasteiger partial charge in [-0.25, -0.2) is 8.78 Å². The molecule has 1 heterocycles. The van der Waals surface area contributed by atoms with Crippen LogP contribution in [0.25, 0.3) is 0 Å². The Hall–Kier alpha value is -4.29. The van der Waals surface area contributed by atoms with Gasteiger partial charge in [0, 0.05) is 25.1 Å². The van der Waals surface area contributed by atoms with Crippen LogP contribution in [0.5, 0.6) is 11.5 Å². The predicted molar refractivity (Wildman–Crippen MR) is 112 cm³/mol. The molecule has 0 atom stereocenters. The molecule has 0 fully saturated rings. The minimum atomic E-state index is -1.05. The molecule has 34 heavy (non-hydrogen) atoms. The molecular weight excluding hydrogens is 460 g/mol. The fourth-order valence-corrected chi connectivity index (χ4v) is 2.90. The van der Waals surface area contributed by atoms with Gasteiger partial charge in [-0.3, -0.25) is 24.5 Å². The number of carbonyl (C=O) groups is 3. The molecule has 2 aromatic rings. The fraction of sp³-hybridized carbons (Fsp3) is 0.286. The van der Waals surface area contributed by atoms with E-state index >= 15 is 0 Å². The Kier molecular flexibility index (Phi) is 7.90. The third kappa shape index (κ3) is 6.37. The lowest BCUT2D eigenvalue weighted by atomic mass is 10.2. The van der Waals surface area contributed by atoms with E-state index < -0.39 is 52.2 Å². The van der Waals surface area contributed by atoms with Gasteiger partial charge in [-0.1, -0.05) is 0 Å². The van der Waals surface area contributed by atoms with Crippen molar-refractivity contribution in [1.82, 2.24) is 5.32 Å². The zero-order valence-electron chi connectivity index (χ0n) is 17.6. The third-order valence-electron chi connectivity index (χ3n) is 4.49. The normalized spacial score (nSPS) is 12.3. The number of ether oxygens (including phenoxy) is 3. The molecule has 0 spiro atoms. The second-order valence-corrected chi connectivity index (χ2v) is 6.96. The minimum absolute atomic E-state index is 0.163. The van der Waals surface area contributed by atoms with Crippen molar-refractivity contribution in [3.05, 3.63) is 57.6 Å². The molecular formula is C21H19F2N3O8. The first-order valence-corrected chi connectivity index (χ1v) is 10.0. The van der Waals surface area contributed by atoms with E-state index in [0.717, 1.165) is 18.2 Å². The molecule has 0 aliphatic carbocycles. The quantitative estimate of drug-likeness (QED) is 0.333. The van der Waals surface area contributed by atoms with Crippen LogP contribution in [0.3, 0.4) is 0 Å². The predicted octanol–water partition coefficient (Wildman–Crippen LogP) is 2.34. The van der Waals surface area contributed by atoms with Crippen LogP contribution in [0.1, 0.15) is 23.2 Å². The van der Waals surface area contributed by atoms with Crippen LogP contribution in [0.15, 0.2) is 30.3 Å². The molecule has 11 nitrogen and oxygen atoms in total. The molecule has 0 aromatic heterocycles. The van der Waals surface area contributed by atoms with Crippen molar-refractivity contribution in [1.29, 1.82) is 0 Å². The van der Waals surface area contributed by atoms with Gasteiger partial charge < -0.3 is 24.8 Å². The molecule has 180 valence electrons. The number of nitro groups is 1. The Bertz CT molecular complexity index is 1130. The van der Waals surface area contributed by atoms with Gasteiger partial charge in [-0.2, -0.15) is 0 Å². The number of nitrogens with zero attached hydrogens (tertiary/aromatic N) is 1. The summed E-state index contributed by atoms with van der Waals surface area (Å²) in [5.74, 6) is -4.05. The van der Waals surface area contributed by atoms with E-state index in [1.165, 1.54) is 6.07 Å². The largest absolute Gasteiger partial charge is 0.489 e. The summed E-state index contributed by atoms with van der Waals surface area (Å²) in [6.07, 6.45) is 0.241. The van der Waals surface area contributed by atoms with Crippen molar-refractivity contribution in [2.45, 2.75) is 12.8 Å². The summed E-state index contributed by atoms with van der Waals surface area (Å²) in [7, 11) is 0. The second kappa shape index (κ2) is 11.0. The molecule has 0 radical (unpaired) electrons. The van der Waals surface area contributed by atoms with Crippen LogP contribution in [0.4, 0.5) is 20.2 Å². The van der Waals surface area contributed by atoms with E-state index in [4.69, 9.17) is 14.2 Å². The van der Waals surface area contributed by atoms with E-state index in [2.05, 4.69) is 10.6 Å². The highest BCUT2D eigenvalue weighted by Gasteiger charge is 2.23. The Morgan fingerprint density at radius 1 is 1.09 bits per heavy atom. The van der Waals surface area contributed by atoms with Crippen molar-refractivity contribution in [2.24, 2.45) is 0 Å². The maximum Gasteiger partial charge on any atom is 0.308 e. The van der Waals surface area contributed by atoms with Gasteiger partial charge in [0.05, 0.1) is 36.2 Å². The number of nitro benzene ring substituents is 1. The number of halogens is 2. The monoisotopic (exact) mass is 479 g/mol. The number of esters is 1. The SMILES string of the molecule is O=C(COC(=O)CCNC(=O)c1ccc(F)cc1F)Nc1cc2c(cc1[N+](=O)[O-])OCCCO2. The number of benzene rings is 2. The second-order valence-electron chi connectivity index (χ2n) is 6.96. The lowest BCUT2D eigenvalue weighted by Gasteiger charge is -2.11. The summed E-state index contributed by atoms with van der Waals surface area (Å²) in [5, 5.41) is 15.9. The summed E-state index contributed by atoms with van der Waals surface area (Å²) in [4.78, 5) is 46.5. The molecule has 3 rings (SSSR count). The van der Waals surface area contributed by atoms with Crippen LogP contribution in [-0.2, 0) is 14.3 Å². The molecule has 0 saturated carbocycles. The van der Waals surface area contributed by atoms with Gasteiger partial charge in [0.2, 0.25) is 0 Å². The van der Waals surface area contributed by atoms with Gasteiger partial charge in [0.15, 0.2) is 18.1 Å². The molecule has 0 saturated heterocycles. The Morgan fingerprint density at radius 2 is 1.79 bits per heavy atom. The lowest BCUT2D eigenvalue weighted by Crippen LogP contribution is -2.28. The van der Waals surface area contributed by atoms with Crippen LogP contribution in [0, 0.1) is 21.7 Å². The van der Waals surface area contributed by atoms with Crippen LogP contribution in [-0.4, -0.2) is 49.1 Å². The number of hydrogen-bond donors (Lipinski definition) is 2. The third-order valence-corrected chi connectivity index (χ3v) is 4.49. The lowest BCUT2D eigenvalue weighted by molar-refractivity contribution is -0.384. The van der Waals surface area contributed by atoms with Crippen molar-refractivity contribution in [3.63, 3.8) is 0 Å². The van der Waals surface area contributed by atoms with Crippen molar-refractivity contribution < 1.29 is 42.3 Å². The summed E-state index contributed by atoms with van der Waals surface area (Å²) < 4.78 is 42.1. The maximum absolute atomic E-state index is 13.6. The van der Waals surface area contributed by atoms with Crippen LogP contribution in [0.2, 0.25) is 0 Å². The van der Waals surface area contributed by atoms with Crippen molar-refractivity contribution >= 4 is 29.2 Å². The van der Waals surface area contributed by atoms with Crippen molar-refractivity contribution in [2.75, 3.05) is 31.7 Å². The Morgan fingerprint density at radius 3 is 2.47 bits per heavy atom. The first-order chi connectivity index (χ1) is 16.2. The van der Waals surface area contributed by atoms with Gasteiger partial charge in [0.25, 0.3) is 17.5 Å². The highest BCUT2D eigenvalue weighted by atomic mass is 19.1. The molecule has 2 amide bonds. The van der Waals surface area contributed by atoms with Gasteiger partial charge >= 0.3 is 5.97 Å². The number of nitrogens with one attached hydrogen (secondary N) is 2. The number of hydrogen-bond acceptors (Lipinski definition) is 8. The molecule has 2 N–H and O–H groups in total. The van der Waals surface area contributed by atoms with E-state index in [0.29, 0.717) is 25.7 Å². The smallest absolute Gasteiger partial charge is 0.308 e. The first-order valence-electron chi connectivity index (χ1n) is 10.0. The van der Waals surface area contributed by atoms with Crippen molar-refractivity contribution in [3.8, 4) is 11.5 Å². The maximum atomic E-state index is 13.6. The van der Waals surface area contributed by atoms with Crippen LogP contribution >= 0.6 is 0 Å². The molecule has 0 bridgehead atoms. The Labute approximate surface area is 191 Å². The standard InChI is InChI=1S/C21H19F2N3O8/c22-12-2-3-13(14(23)8-12)21(29)24-5-4-20(28)34-11-19(27)25-15-9-17-18(10-16(15)26(30)31)33-7-1-6-32-17/h2-3,8-10H,1,4-7,11H2,(H,24,29)(H,25,27). The topological polar surface area (TPSA) is 146 Å². The average Bonchev–Trinajstić information content (AvgIpc) is 3.01. The van der Waals surface area contributed by atoms with Gasteiger partial charge in [-0.15, -0.1) is 0 Å². The zero-order valence-corrected chi connectivity index (χ0v) is 17.6. The highest BCUT2D eigenvalue weighted by Crippen LogP contribution is 2.39. The summed E-state index contributed by atoms with van der Waals surface area (Å²) in [6.45, 7) is -0.319. The highest BCUT2D eigenvalue weighted by molar-refractivity contribution is 5.96. The van der Waals surface area contributed by atoms with Gasteiger partial charge in [0.1, 0.15) is 17.3 Å². The summed E-state index contributed by atoms with van der Waals surface area (Å²) in [6, 6.07) is 4.81. The Balaban J connectivity index is 1.49.